The molecule has 0 aliphatic carbocycles. The van der Waals surface area contributed by atoms with E-state index in [1.54, 1.807) is 0 Å². The number of rotatable bonds is 10. The van der Waals surface area contributed by atoms with Crippen molar-refractivity contribution in [2.45, 2.75) is 0 Å². The maximum atomic E-state index is 11.2. The topological polar surface area (TPSA) is 49.3 Å². The maximum absolute atomic E-state index is 11.2. The first-order chi connectivity index (χ1) is 7.81. The zero-order valence-corrected chi connectivity index (χ0v) is 13.2. The predicted octanol–water partition coefficient (Wildman–Crippen LogP) is 2.81. The molecule has 1 amide bonds. The molecular weight excluding hydrogens is 302 g/mol. The minimum Gasteiger partial charge on any atom is -0.386 e. The van der Waals surface area contributed by atoms with Gasteiger partial charge in [0.1, 0.15) is 0 Å². The number of carbonyl (C=O) groups excluding carboxylic acids is 1. The zero-order valence-electron chi connectivity index (χ0n) is 9.14. The quantitative estimate of drug-likeness (QED) is 0.474. The van der Waals surface area contributed by atoms with Crippen molar-refractivity contribution >= 4 is 64.0 Å². The van der Waals surface area contributed by atoms with Crippen molar-refractivity contribution in [3.63, 3.8) is 0 Å². The molecule has 16 heavy (non-hydrogen) atoms. The lowest BCUT2D eigenvalue weighted by Crippen LogP contribution is -2.21. The molecule has 0 rings (SSSR count). The van der Waals surface area contributed by atoms with Gasteiger partial charge in [0.15, 0.2) is 0 Å². The Balaban J connectivity index is 3.09. The average Bonchev–Trinajstić information content (AvgIpc) is 2.28. The SMILES string of the molecule is CSCSCSCCNC(=O)SCSCO. The van der Waals surface area contributed by atoms with Crippen LogP contribution in [0.4, 0.5) is 4.79 Å². The molecule has 96 valence electrons. The number of carbonyl (C=O) groups is 1. The molecule has 0 heterocycles. The van der Waals surface area contributed by atoms with E-state index in [9.17, 15) is 4.79 Å². The van der Waals surface area contributed by atoms with Gasteiger partial charge in [0.05, 0.1) is 11.0 Å². The summed E-state index contributed by atoms with van der Waals surface area (Å²) in [7, 11) is 0. The standard InChI is InChI=1S/C8H17NO2S5/c1-12-5-15-6-13-3-2-9-8(11)16-7-14-4-10/h10H,2-7H2,1H3,(H,9,11). The molecule has 0 aromatic carbocycles. The Kier molecular flexibility index (Phi) is 15.3. The van der Waals surface area contributed by atoms with Gasteiger partial charge in [-0.2, -0.15) is 11.8 Å². The number of aliphatic hydroxyl groups is 1. The third kappa shape index (κ3) is 13.2. The lowest BCUT2D eigenvalue weighted by molar-refractivity contribution is 0.261. The first-order valence-corrected chi connectivity index (χ1v) is 10.4. The van der Waals surface area contributed by atoms with Crippen LogP contribution in [0.2, 0.25) is 0 Å². The second-order valence-corrected chi connectivity index (χ2v) is 8.40. The van der Waals surface area contributed by atoms with Crippen molar-refractivity contribution in [1.82, 2.24) is 5.32 Å². The molecular formula is C8H17NO2S5. The fourth-order valence-electron chi connectivity index (χ4n) is 0.644. The smallest absolute Gasteiger partial charge is 0.279 e. The van der Waals surface area contributed by atoms with E-state index < -0.39 is 0 Å². The first-order valence-electron chi connectivity index (χ1n) is 4.55. The van der Waals surface area contributed by atoms with Crippen LogP contribution in [0.25, 0.3) is 0 Å². The molecule has 0 unspecified atom stereocenters. The molecule has 0 aliphatic rings. The Morgan fingerprint density at radius 1 is 1.19 bits per heavy atom. The molecule has 0 saturated heterocycles. The second kappa shape index (κ2) is 14.2. The van der Waals surface area contributed by atoms with Crippen LogP contribution in [0.1, 0.15) is 0 Å². The van der Waals surface area contributed by atoms with E-state index in [1.165, 1.54) is 23.5 Å². The van der Waals surface area contributed by atoms with E-state index in [0.717, 1.165) is 22.5 Å². The summed E-state index contributed by atoms with van der Waals surface area (Å²) in [5.74, 6) is 1.03. The summed E-state index contributed by atoms with van der Waals surface area (Å²) in [5.41, 5.74) is 0. The molecule has 0 aromatic rings. The van der Waals surface area contributed by atoms with Crippen LogP contribution in [-0.4, -0.2) is 50.1 Å². The third-order valence-electron chi connectivity index (χ3n) is 1.25. The number of thioether (sulfide) groups is 5. The fraction of sp³-hybridized carbons (Fsp3) is 0.875. The Bertz CT molecular complexity index is 173. The Hall–Kier alpha value is 1.18. The minimum atomic E-state index is -0.00156. The van der Waals surface area contributed by atoms with Gasteiger partial charge in [-0.15, -0.1) is 35.3 Å². The van der Waals surface area contributed by atoms with Crippen molar-refractivity contribution in [3.05, 3.63) is 0 Å². The van der Waals surface area contributed by atoms with Gasteiger partial charge in [0.2, 0.25) is 0 Å². The van der Waals surface area contributed by atoms with Crippen LogP contribution < -0.4 is 5.32 Å². The molecule has 0 saturated carbocycles. The number of hydrogen-bond acceptors (Lipinski definition) is 7. The van der Waals surface area contributed by atoms with Gasteiger partial charge in [0.25, 0.3) is 5.24 Å². The maximum Gasteiger partial charge on any atom is 0.279 e. The molecule has 0 bridgehead atoms. The Morgan fingerprint density at radius 2 is 2.00 bits per heavy atom. The molecule has 8 heteroatoms. The Labute approximate surface area is 118 Å². The summed E-state index contributed by atoms with van der Waals surface area (Å²) in [5, 5.41) is 14.2. The Morgan fingerprint density at radius 3 is 2.69 bits per heavy atom. The molecule has 2 N–H and O–H groups in total. The molecule has 0 spiro atoms. The van der Waals surface area contributed by atoms with Gasteiger partial charge >= 0.3 is 0 Å². The predicted molar refractivity (Wildman–Crippen MR) is 83.8 cm³/mol. The van der Waals surface area contributed by atoms with Crippen molar-refractivity contribution < 1.29 is 9.90 Å². The first kappa shape index (κ1) is 17.2. The van der Waals surface area contributed by atoms with E-state index in [2.05, 4.69) is 11.6 Å². The number of hydrogen-bond donors (Lipinski definition) is 2. The molecule has 0 atom stereocenters. The van der Waals surface area contributed by atoms with Crippen LogP contribution in [0, 0.1) is 0 Å². The molecule has 0 fully saturated rings. The summed E-state index contributed by atoms with van der Waals surface area (Å²) in [6.45, 7) is 0.722. The highest BCUT2D eigenvalue weighted by Gasteiger charge is 2.00. The zero-order chi connectivity index (χ0) is 12.1. The van der Waals surface area contributed by atoms with Crippen molar-refractivity contribution in [2.75, 3.05) is 39.7 Å². The van der Waals surface area contributed by atoms with Crippen LogP contribution in [0.3, 0.4) is 0 Å². The van der Waals surface area contributed by atoms with Crippen LogP contribution >= 0.6 is 58.8 Å². The van der Waals surface area contributed by atoms with Crippen LogP contribution in [-0.2, 0) is 0 Å². The minimum absolute atomic E-state index is 0.00156. The average molecular weight is 320 g/mol. The lowest BCUT2D eigenvalue weighted by Gasteiger charge is -2.04. The summed E-state index contributed by atoms with van der Waals surface area (Å²) >= 11 is 8.13. The van der Waals surface area contributed by atoms with Gasteiger partial charge in [-0.05, 0) is 6.26 Å². The lowest BCUT2D eigenvalue weighted by atomic mass is 10.8. The summed E-state index contributed by atoms with van der Waals surface area (Å²) in [6.07, 6.45) is 2.10. The van der Waals surface area contributed by atoms with E-state index >= 15 is 0 Å². The van der Waals surface area contributed by atoms with Gasteiger partial charge < -0.3 is 10.4 Å². The van der Waals surface area contributed by atoms with E-state index in [1.807, 2.05) is 35.3 Å². The van der Waals surface area contributed by atoms with Gasteiger partial charge in [-0.3, -0.25) is 4.79 Å². The van der Waals surface area contributed by atoms with Crippen LogP contribution in [0.5, 0.6) is 0 Å². The van der Waals surface area contributed by atoms with Crippen molar-refractivity contribution in [3.8, 4) is 0 Å². The molecule has 0 aromatic heterocycles. The van der Waals surface area contributed by atoms with E-state index in [-0.39, 0.29) is 11.2 Å². The van der Waals surface area contributed by atoms with Crippen LogP contribution in [0.15, 0.2) is 0 Å². The normalized spacial score (nSPS) is 10.4. The molecule has 3 nitrogen and oxygen atoms in total. The third-order valence-corrected chi connectivity index (χ3v) is 6.41. The fourth-order valence-corrected chi connectivity index (χ4v) is 4.65. The van der Waals surface area contributed by atoms with Crippen molar-refractivity contribution in [2.24, 2.45) is 0 Å². The van der Waals surface area contributed by atoms with E-state index in [4.69, 9.17) is 5.11 Å². The molecule has 0 aliphatic heterocycles. The second-order valence-electron chi connectivity index (χ2n) is 2.45. The highest BCUT2D eigenvalue weighted by atomic mass is 32.2. The largest absolute Gasteiger partial charge is 0.386 e. The summed E-state index contributed by atoms with van der Waals surface area (Å²) in [4.78, 5) is 11.2. The molecule has 0 radical (unpaired) electrons. The van der Waals surface area contributed by atoms with Crippen molar-refractivity contribution in [1.29, 1.82) is 0 Å². The summed E-state index contributed by atoms with van der Waals surface area (Å²) in [6, 6.07) is 0. The van der Waals surface area contributed by atoms with Gasteiger partial charge in [-0.1, -0.05) is 11.8 Å². The monoisotopic (exact) mass is 319 g/mol. The van der Waals surface area contributed by atoms with Gasteiger partial charge in [-0.25, -0.2) is 0 Å². The van der Waals surface area contributed by atoms with E-state index in [0.29, 0.717) is 5.08 Å². The highest BCUT2D eigenvalue weighted by molar-refractivity contribution is 8.23. The number of nitrogens with one attached hydrogen (secondary N) is 1. The van der Waals surface area contributed by atoms with Gasteiger partial charge in [0, 0.05) is 22.5 Å². The number of amides is 1. The summed E-state index contributed by atoms with van der Waals surface area (Å²) < 4.78 is 0. The number of aliphatic hydroxyl groups excluding tert-OH is 1. The highest BCUT2D eigenvalue weighted by Crippen LogP contribution is 2.15.